The molecule has 8 heteroatoms. The molecule has 0 unspecified atom stereocenters. The lowest BCUT2D eigenvalue weighted by molar-refractivity contribution is -0.133. The standard InChI is InChI=1S/C25H27N5O3/c1-18-15-27-24(20-5-4-11-26-16-20)29(18)14-10-19-8-12-28(13-9-19)23(31)17-30-21-6-2-3-7-22(21)33-25(30)32/h2-7,11,15-16,19H,8-10,12-14,17H2,1H3. The molecule has 1 fully saturated rings. The number of likely N-dealkylation sites (tertiary alicyclic amines) is 1. The van der Waals surface area contributed by atoms with Crippen molar-refractivity contribution in [1.82, 2.24) is 24.0 Å². The van der Waals surface area contributed by atoms with Crippen LogP contribution in [0.25, 0.3) is 22.5 Å². The molecule has 1 amide bonds. The number of nitrogens with zero attached hydrogens (tertiary/aromatic N) is 5. The molecule has 170 valence electrons. The third-order valence-corrected chi connectivity index (χ3v) is 6.57. The van der Waals surface area contributed by atoms with Crippen molar-refractivity contribution in [1.29, 1.82) is 0 Å². The highest BCUT2D eigenvalue weighted by Gasteiger charge is 2.24. The smallest absolute Gasteiger partial charge is 0.408 e. The number of fused-ring (bicyclic) bond motifs is 1. The first kappa shape index (κ1) is 21.2. The first-order chi connectivity index (χ1) is 16.1. The highest BCUT2D eigenvalue weighted by Crippen LogP contribution is 2.25. The SMILES string of the molecule is Cc1cnc(-c2cccnc2)n1CCC1CCN(C(=O)Cn2c(=O)oc3ccccc32)CC1. The Hall–Kier alpha value is -3.68. The number of oxazole rings is 1. The predicted molar refractivity (Wildman–Crippen MR) is 125 cm³/mol. The van der Waals surface area contributed by atoms with E-state index in [0.29, 0.717) is 30.1 Å². The van der Waals surface area contributed by atoms with Crippen LogP contribution in [-0.2, 0) is 17.9 Å². The fourth-order valence-electron chi connectivity index (χ4n) is 4.65. The molecule has 33 heavy (non-hydrogen) atoms. The summed E-state index contributed by atoms with van der Waals surface area (Å²) in [5.41, 5.74) is 3.33. The molecule has 0 saturated carbocycles. The van der Waals surface area contributed by atoms with Crippen molar-refractivity contribution < 1.29 is 9.21 Å². The van der Waals surface area contributed by atoms with E-state index in [9.17, 15) is 9.59 Å². The van der Waals surface area contributed by atoms with Gasteiger partial charge in [-0.1, -0.05) is 12.1 Å². The Morgan fingerprint density at radius 1 is 1.09 bits per heavy atom. The molecule has 1 aliphatic rings. The van der Waals surface area contributed by atoms with Crippen LogP contribution in [0.5, 0.6) is 0 Å². The second-order valence-electron chi connectivity index (χ2n) is 8.65. The number of carbonyl (C=O) groups excluding carboxylic acids is 1. The maximum atomic E-state index is 12.9. The molecule has 4 aromatic rings. The van der Waals surface area contributed by atoms with E-state index < -0.39 is 5.76 Å². The van der Waals surface area contributed by atoms with Crippen LogP contribution in [0.4, 0.5) is 0 Å². The Morgan fingerprint density at radius 2 is 1.91 bits per heavy atom. The number of imidazole rings is 1. The Balaban J connectivity index is 1.18. The van der Waals surface area contributed by atoms with E-state index in [1.165, 1.54) is 4.57 Å². The minimum absolute atomic E-state index is 0.0171. The van der Waals surface area contributed by atoms with Crippen molar-refractivity contribution in [3.8, 4) is 11.4 Å². The molecular weight excluding hydrogens is 418 g/mol. The summed E-state index contributed by atoms with van der Waals surface area (Å²) in [5.74, 6) is 0.979. The van der Waals surface area contributed by atoms with Crippen LogP contribution in [0.1, 0.15) is 25.0 Å². The van der Waals surface area contributed by atoms with Crippen LogP contribution in [0.2, 0.25) is 0 Å². The Labute approximate surface area is 191 Å². The number of carbonyl (C=O) groups is 1. The van der Waals surface area contributed by atoms with Crippen molar-refractivity contribution in [3.63, 3.8) is 0 Å². The van der Waals surface area contributed by atoms with Crippen molar-refractivity contribution in [2.24, 2.45) is 5.92 Å². The van der Waals surface area contributed by atoms with Gasteiger partial charge in [-0.15, -0.1) is 0 Å². The van der Waals surface area contributed by atoms with E-state index in [1.54, 1.807) is 18.3 Å². The molecule has 0 radical (unpaired) electrons. The first-order valence-electron chi connectivity index (χ1n) is 11.4. The van der Waals surface area contributed by atoms with E-state index in [2.05, 4.69) is 21.5 Å². The molecule has 5 rings (SSSR count). The van der Waals surface area contributed by atoms with Crippen LogP contribution >= 0.6 is 0 Å². The predicted octanol–water partition coefficient (Wildman–Crippen LogP) is 3.49. The lowest BCUT2D eigenvalue weighted by Crippen LogP contribution is -2.41. The number of pyridine rings is 1. The number of hydrogen-bond acceptors (Lipinski definition) is 5. The highest BCUT2D eigenvalue weighted by atomic mass is 16.4. The molecular formula is C25H27N5O3. The zero-order valence-corrected chi connectivity index (χ0v) is 18.7. The maximum Gasteiger partial charge on any atom is 0.420 e. The van der Waals surface area contributed by atoms with Crippen LogP contribution in [0, 0.1) is 12.8 Å². The zero-order valence-electron chi connectivity index (χ0n) is 18.7. The molecule has 0 aliphatic carbocycles. The summed E-state index contributed by atoms with van der Waals surface area (Å²) in [5, 5.41) is 0. The molecule has 1 aliphatic heterocycles. The first-order valence-corrected chi connectivity index (χ1v) is 11.4. The van der Waals surface area contributed by atoms with Gasteiger partial charge in [-0.05, 0) is 56.4 Å². The number of piperidine rings is 1. The van der Waals surface area contributed by atoms with E-state index in [-0.39, 0.29) is 12.5 Å². The monoisotopic (exact) mass is 445 g/mol. The number of para-hydroxylation sites is 2. The summed E-state index contributed by atoms with van der Waals surface area (Å²) in [6.45, 7) is 4.42. The van der Waals surface area contributed by atoms with Gasteiger partial charge in [-0.25, -0.2) is 9.78 Å². The Kier molecular flexibility index (Phi) is 5.81. The molecule has 8 nitrogen and oxygen atoms in total. The maximum absolute atomic E-state index is 12.9. The van der Waals surface area contributed by atoms with Gasteiger partial charge in [-0.2, -0.15) is 0 Å². The number of aryl methyl sites for hydroxylation is 1. The number of rotatable bonds is 6. The molecule has 0 atom stereocenters. The second-order valence-corrected chi connectivity index (χ2v) is 8.65. The minimum Gasteiger partial charge on any atom is -0.408 e. The van der Waals surface area contributed by atoms with E-state index in [0.717, 1.165) is 42.9 Å². The van der Waals surface area contributed by atoms with Crippen LogP contribution in [0.3, 0.4) is 0 Å². The lowest BCUT2D eigenvalue weighted by Gasteiger charge is -2.32. The number of amides is 1. The topological polar surface area (TPSA) is 86.2 Å². The number of benzene rings is 1. The Morgan fingerprint density at radius 3 is 2.70 bits per heavy atom. The van der Waals surface area contributed by atoms with Crippen molar-refractivity contribution in [2.45, 2.75) is 39.3 Å². The van der Waals surface area contributed by atoms with E-state index in [4.69, 9.17) is 4.42 Å². The van der Waals surface area contributed by atoms with Crippen molar-refractivity contribution in [2.75, 3.05) is 13.1 Å². The Bertz CT molecular complexity index is 1310. The van der Waals surface area contributed by atoms with Gasteiger partial charge >= 0.3 is 5.76 Å². The van der Waals surface area contributed by atoms with Gasteiger partial charge in [0.25, 0.3) is 0 Å². The summed E-state index contributed by atoms with van der Waals surface area (Å²) in [6.07, 6.45) is 8.48. The van der Waals surface area contributed by atoms with Gasteiger partial charge in [0.1, 0.15) is 12.4 Å². The number of aromatic nitrogens is 4. The molecule has 0 N–H and O–H groups in total. The van der Waals surface area contributed by atoms with Crippen LogP contribution < -0.4 is 5.76 Å². The quantitative estimate of drug-likeness (QED) is 0.453. The molecule has 0 spiro atoms. The van der Waals surface area contributed by atoms with Crippen molar-refractivity contribution in [3.05, 3.63) is 71.2 Å². The normalized spacial score (nSPS) is 14.8. The van der Waals surface area contributed by atoms with Gasteiger partial charge in [0.15, 0.2) is 5.58 Å². The average Bonchev–Trinajstić information content (AvgIpc) is 3.37. The fourth-order valence-corrected chi connectivity index (χ4v) is 4.65. The van der Waals surface area contributed by atoms with Gasteiger partial charge in [-0.3, -0.25) is 14.3 Å². The van der Waals surface area contributed by atoms with E-state index >= 15 is 0 Å². The summed E-state index contributed by atoms with van der Waals surface area (Å²) < 4.78 is 8.93. The summed E-state index contributed by atoms with van der Waals surface area (Å²) in [4.78, 5) is 35.7. The molecule has 4 heterocycles. The van der Waals surface area contributed by atoms with Gasteiger partial charge in [0, 0.05) is 49.5 Å². The van der Waals surface area contributed by atoms with Crippen LogP contribution in [0.15, 0.2) is 64.2 Å². The van der Waals surface area contributed by atoms with Crippen molar-refractivity contribution >= 4 is 17.0 Å². The average molecular weight is 446 g/mol. The van der Waals surface area contributed by atoms with Crippen LogP contribution in [-0.4, -0.2) is 43.0 Å². The fraction of sp³-hybridized carbons (Fsp3) is 0.360. The summed E-state index contributed by atoms with van der Waals surface area (Å²) in [7, 11) is 0. The third-order valence-electron chi connectivity index (χ3n) is 6.57. The largest absolute Gasteiger partial charge is 0.420 e. The van der Waals surface area contributed by atoms with Gasteiger partial charge < -0.3 is 13.9 Å². The van der Waals surface area contributed by atoms with E-state index in [1.807, 2.05) is 41.6 Å². The number of hydrogen-bond donors (Lipinski definition) is 0. The lowest BCUT2D eigenvalue weighted by atomic mass is 9.93. The molecule has 1 aromatic carbocycles. The zero-order chi connectivity index (χ0) is 22.8. The van der Waals surface area contributed by atoms with Gasteiger partial charge in [0.2, 0.25) is 5.91 Å². The minimum atomic E-state index is -0.487. The molecule has 1 saturated heterocycles. The summed E-state index contributed by atoms with van der Waals surface area (Å²) in [6, 6.07) is 11.2. The summed E-state index contributed by atoms with van der Waals surface area (Å²) >= 11 is 0. The molecule has 0 bridgehead atoms. The molecule has 3 aromatic heterocycles. The van der Waals surface area contributed by atoms with Gasteiger partial charge in [0.05, 0.1) is 5.52 Å². The second kappa shape index (κ2) is 9.05. The third kappa shape index (κ3) is 4.33. The highest BCUT2D eigenvalue weighted by molar-refractivity contribution is 5.79.